The van der Waals surface area contributed by atoms with Gasteiger partial charge in [0.2, 0.25) is 0 Å². The molecule has 5 heteroatoms. The van der Waals surface area contributed by atoms with E-state index in [2.05, 4.69) is 4.74 Å². The smallest absolute Gasteiger partial charge is 0.320 e. The van der Waals surface area contributed by atoms with Crippen LogP contribution in [-0.2, 0) is 19.1 Å². The number of hydrogen-bond acceptors (Lipinski definition) is 5. The second kappa shape index (κ2) is 7.23. The summed E-state index contributed by atoms with van der Waals surface area (Å²) >= 11 is 0. The minimum absolute atomic E-state index is 0.190. The summed E-state index contributed by atoms with van der Waals surface area (Å²) in [7, 11) is 3.11. The van der Waals surface area contributed by atoms with Gasteiger partial charge in [-0.05, 0) is 14.0 Å². The summed E-state index contributed by atoms with van der Waals surface area (Å²) < 4.78 is 9.37. The standard InChI is InChI=1S/C10H19NO4/c1-5-15-9(12)7-11(3)6-8(2)10(13)14-4/h8H,5-7H2,1-4H3. The van der Waals surface area contributed by atoms with E-state index in [-0.39, 0.29) is 24.4 Å². The van der Waals surface area contributed by atoms with E-state index in [1.807, 2.05) is 0 Å². The van der Waals surface area contributed by atoms with Gasteiger partial charge in [-0.2, -0.15) is 0 Å². The van der Waals surface area contributed by atoms with Crippen LogP contribution in [0.15, 0.2) is 0 Å². The zero-order chi connectivity index (χ0) is 11.8. The molecule has 0 aromatic carbocycles. The van der Waals surface area contributed by atoms with Crippen LogP contribution in [0.2, 0.25) is 0 Å². The summed E-state index contributed by atoms with van der Waals surface area (Å²) in [5.74, 6) is -0.794. The molecule has 0 aliphatic heterocycles. The highest BCUT2D eigenvalue weighted by Gasteiger charge is 2.17. The number of nitrogens with zero attached hydrogens (tertiary/aromatic N) is 1. The number of likely N-dealkylation sites (N-methyl/N-ethyl adjacent to an activating group) is 1. The fourth-order valence-electron chi connectivity index (χ4n) is 1.23. The minimum atomic E-state index is -0.280. The Morgan fingerprint density at radius 3 is 2.47 bits per heavy atom. The Morgan fingerprint density at radius 2 is 2.00 bits per heavy atom. The van der Waals surface area contributed by atoms with Gasteiger partial charge in [0.05, 0.1) is 26.2 Å². The quantitative estimate of drug-likeness (QED) is 0.598. The molecule has 0 radical (unpaired) electrons. The molecule has 0 fully saturated rings. The van der Waals surface area contributed by atoms with E-state index >= 15 is 0 Å². The van der Waals surface area contributed by atoms with Gasteiger partial charge < -0.3 is 9.47 Å². The number of ether oxygens (including phenoxy) is 2. The van der Waals surface area contributed by atoms with Gasteiger partial charge in [0.25, 0.3) is 0 Å². The second-order valence-corrected chi connectivity index (χ2v) is 3.43. The molecule has 0 amide bonds. The maximum Gasteiger partial charge on any atom is 0.320 e. The van der Waals surface area contributed by atoms with Gasteiger partial charge in [-0.1, -0.05) is 6.92 Å². The molecule has 0 saturated heterocycles. The lowest BCUT2D eigenvalue weighted by Crippen LogP contribution is -2.33. The van der Waals surface area contributed by atoms with Gasteiger partial charge in [0, 0.05) is 6.54 Å². The van der Waals surface area contributed by atoms with Crippen molar-refractivity contribution in [2.75, 3.05) is 33.9 Å². The van der Waals surface area contributed by atoms with Crippen molar-refractivity contribution in [2.45, 2.75) is 13.8 Å². The molecule has 0 spiro atoms. The lowest BCUT2D eigenvalue weighted by molar-refractivity contribution is -0.148. The highest BCUT2D eigenvalue weighted by atomic mass is 16.5. The number of rotatable bonds is 6. The van der Waals surface area contributed by atoms with Crippen LogP contribution in [0.25, 0.3) is 0 Å². The minimum Gasteiger partial charge on any atom is -0.469 e. The Hall–Kier alpha value is -1.10. The summed E-state index contributed by atoms with van der Waals surface area (Å²) in [6.45, 7) is 4.56. The van der Waals surface area contributed by atoms with Crippen LogP contribution < -0.4 is 0 Å². The Morgan fingerprint density at radius 1 is 1.40 bits per heavy atom. The highest BCUT2D eigenvalue weighted by Crippen LogP contribution is 2.00. The van der Waals surface area contributed by atoms with Crippen LogP contribution in [0.3, 0.4) is 0 Å². The molecule has 88 valence electrons. The van der Waals surface area contributed by atoms with Gasteiger partial charge in [-0.15, -0.1) is 0 Å². The Kier molecular flexibility index (Phi) is 6.70. The molecule has 0 aromatic rings. The molecule has 1 atom stereocenters. The SMILES string of the molecule is CCOC(=O)CN(C)CC(C)C(=O)OC. The van der Waals surface area contributed by atoms with E-state index in [0.29, 0.717) is 13.2 Å². The van der Waals surface area contributed by atoms with Gasteiger partial charge in [-0.3, -0.25) is 14.5 Å². The van der Waals surface area contributed by atoms with Gasteiger partial charge in [0.15, 0.2) is 0 Å². The highest BCUT2D eigenvalue weighted by molar-refractivity contribution is 5.73. The number of methoxy groups -OCH3 is 1. The van der Waals surface area contributed by atoms with Crippen molar-refractivity contribution >= 4 is 11.9 Å². The molecule has 1 unspecified atom stereocenters. The Balaban J connectivity index is 3.87. The van der Waals surface area contributed by atoms with Crippen molar-refractivity contribution in [1.29, 1.82) is 0 Å². The second-order valence-electron chi connectivity index (χ2n) is 3.43. The molecule has 0 rings (SSSR count). The molecule has 15 heavy (non-hydrogen) atoms. The lowest BCUT2D eigenvalue weighted by atomic mass is 10.2. The number of hydrogen-bond donors (Lipinski definition) is 0. The van der Waals surface area contributed by atoms with Crippen molar-refractivity contribution < 1.29 is 19.1 Å². The van der Waals surface area contributed by atoms with Crippen molar-refractivity contribution in [3.05, 3.63) is 0 Å². The van der Waals surface area contributed by atoms with Crippen molar-refractivity contribution in [3.8, 4) is 0 Å². The zero-order valence-corrected chi connectivity index (χ0v) is 9.78. The molecular formula is C10H19NO4. The molecule has 0 N–H and O–H groups in total. The van der Waals surface area contributed by atoms with Crippen molar-refractivity contribution in [3.63, 3.8) is 0 Å². The topological polar surface area (TPSA) is 55.8 Å². The fraction of sp³-hybridized carbons (Fsp3) is 0.800. The predicted octanol–water partition coefficient (Wildman–Crippen LogP) is 0.290. The predicted molar refractivity (Wildman–Crippen MR) is 55.3 cm³/mol. The Labute approximate surface area is 90.3 Å². The van der Waals surface area contributed by atoms with E-state index in [1.54, 1.807) is 25.8 Å². The van der Waals surface area contributed by atoms with Gasteiger partial charge in [-0.25, -0.2) is 0 Å². The molecule has 0 aliphatic rings. The first-order valence-corrected chi connectivity index (χ1v) is 4.93. The average Bonchev–Trinajstić information content (AvgIpc) is 2.16. The largest absolute Gasteiger partial charge is 0.469 e. The van der Waals surface area contributed by atoms with E-state index < -0.39 is 0 Å². The van der Waals surface area contributed by atoms with E-state index in [4.69, 9.17) is 4.74 Å². The maximum atomic E-state index is 11.1. The van der Waals surface area contributed by atoms with Crippen LogP contribution in [-0.4, -0.2) is 50.7 Å². The van der Waals surface area contributed by atoms with Crippen LogP contribution in [0.1, 0.15) is 13.8 Å². The van der Waals surface area contributed by atoms with Crippen LogP contribution in [0, 0.1) is 5.92 Å². The fourth-order valence-corrected chi connectivity index (χ4v) is 1.23. The summed E-state index contributed by atoms with van der Waals surface area (Å²) in [6.07, 6.45) is 0. The summed E-state index contributed by atoms with van der Waals surface area (Å²) in [6, 6.07) is 0. The third-order valence-electron chi connectivity index (χ3n) is 1.89. The number of carbonyl (C=O) groups excluding carboxylic acids is 2. The lowest BCUT2D eigenvalue weighted by Gasteiger charge is -2.18. The van der Waals surface area contributed by atoms with Gasteiger partial charge in [0.1, 0.15) is 0 Å². The molecule has 5 nitrogen and oxygen atoms in total. The first-order chi connectivity index (χ1) is 7.01. The van der Waals surface area contributed by atoms with Crippen molar-refractivity contribution in [1.82, 2.24) is 4.90 Å². The van der Waals surface area contributed by atoms with Crippen LogP contribution in [0.4, 0.5) is 0 Å². The van der Waals surface area contributed by atoms with E-state index in [0.717, 1.165) is 0 Å². The van der Waals surface area contributed by atoms with E-state index in [1.165, 1.54) is 7.11 Å². The van der Waals surface area contributed by atoms with E-state index in [9.17, 15) is 9.59 Å². The van der Waals surface area contributed by atoms with Crippen molar-refractivity contribution in [2.24, 2.45) is 5.92 Å². The van der Waals surface area contributed by atoms with Crippen LogP contribution in [0.5, 0.6) is 0 Å². The average molecular weight is 217 g/mol. The molecule has 0 aromatic heterocycles. The third kappa shape index (κ3) is 6.06. The maximum absolute atomic E-state index is 11.1. The summed E-state index contributed by atoms with van der Waals surface area (Å²) in [5.41, 5.74) is 0. The van der Waals surface area contributed by atoms with Crippen LogP contribution >= 0.6 is 0 Å². The molecule has 0 aliphatic carbocycles. The summed E-state index contributed by atoms with van der Waals surface area (Å²) in [5, 5.41) is 0. The molecular weight excluding hydrogens is 198 g/mol. The normalized spacial score (nSPS) is 12.3. The first kappa shape index (κ1) is 13.9. The number of esters is 2. The number of carbonyl (C=O) groups is 2. The first-order valence-electron chi connectivity index (χ1n) is 4.93. The molecule has 0 heterocycles. The summed E-state index contributed by atoms with van der Waals surface area (Å²) in [4.78, 5) is 23.9. The monoisotopic (exact) mass is 217 g/mol. The molecule has 0 saturated carbocycles. The Bertz CT molecular complexity index is 217. The third-order valence-corrected chi connectivity index (χ3v) is 1.89. The van der Waals surface area contributed by atoms with Gasteiger partial charge >= 0.3 is 11.9 Å². The zero-order valence-electron chi connectivity index (χ0n) is 9.78. The molecule has 0 bridgehead atoms.